The first kappa shape index (κ1) is 44.6. The van der Waals surface area contributed by atoms with E-state index in [2.05, 4.69) is 10.0 Å². The molecule has 1 aliphatic carbocycles. The van der Waals surface area contributed by atoms with Crippen LogP contribution in [-0.4, -0.2) is 73.6 Å². The van der Waals surface area contributed by atoms with Crippen LogP contribution < -0.4 is 0 Å². The molecule has 3 aliphatic rings. The molecular weight excluding hydrogens is 799 g/mol. The second kappa shape index (κ2) is 21.6. The van der Waals surface area contributed by atoms with Crippen molar-refractivity contribution in [3.8, 4) is 0 Å². The molecular formula is C51H57N3O9. The third kappa shape index (κ3) is 11.6. The lowest BCUT2D eigenvalue weighted by Crippen LogP contribution is -2.67. The Labute approximate surface area is 369 Å². The maximum absolute atomic E-state index is 10.1. The SMILES string of the molecule is CC1C(COCc2ccccc2)OC(OC2C(OCc3ccccc3)C(OCc3ccccc3)C(OCc3ccccc3)C3OC(C)(C)OC23)C(N=[N+]=[N-])C1OCc1ccccc1. The lowest BCUT2D eigenvalue weighted by molar-refractivity contribution is -0.317. The molecule has 2 heterocycles. The van der Waals surface area contributed by atoms with Crippen LogP contribution in [-0.2, 0) is 75.7 Å². The molecule has 8 rings (SSSR count). The molecule has 2 saturated heterocycles. The molecule has 2 aliphatic heterocycles. The maximum Gasteiger partial charge on any atom is 0.169 e. The second-order valence-corrected chi connectivity index (χ2v) is 16.8. The normalized spacial score (nSPS) is 28.8. The molecule has 3 fully saturated rings. The number of hydrogen-bond acceptors (Lipinski definition) is 10. The molecule has 1 saturated carbocycles. The number of azide groups is 1. The van der Waals surface area contributed by atoms with Crippen molar-refractivity contribution >= 4 is 0 Å². The Kier molecular flexibility index (Phi) is 15.3. The van der Waals surface area contributed by atoms with E-state index in [1.807, 2.05) is 172 Å². The van der Waals surface area contributed by atoms with E-state index in [9.17, 15) is 5.53 Å². The van der Waals surface area contributed by atoms with Gasteiger partial charge in [-0.1, -0.05) is 164 Å². The molecule has 0 N–H and O–H groups in total. The molecule has 11 unspecified atom stereocenters. The summed E-state index contributed by atoms with van der Waals surface area (Å²) >= 11 is 0. The topological polar surface area (TPSA) is 132 Å². The van der Waals surface area contributed by atoms with Gasteiger partial charge in [-0.3, -0.25) is 0 Å². The summed E-state index contributed by atoms with van der Waals surface area (Å²) in [6.45, 7) is 7.51. The van der Waals surface area contributed by atoms with Crippen molar-refractivity contribution in [1.29, 1.82) is 0 Å². The summed E-state index contributed by atoms with van der Waals surface area (Å²) in [6.07, 6.45) is -6.63. The van der Waals surface area contributed by atoms with Crippen LogP contribution in [0.2, 0.25) is 0 Å². The van der Waals surface area contributed by atoms with E-state index < -0.39 is 67.0 Å². The van der Waals surface area contributed by atoms with Gasteiger partial charge in [-0.2, -0.15) is 0 Å². The smallest absolute Gasteiger partial charge is 0.169 e. The average molecular weight is 856 g/mol. The van der Waals surface area contributed by atoms with Crippen molar-refractivity contribution in [2.24, 2.45) is 11.0 Å². The first-order valence-corrected chi connectivity index (χ1v) is 21.8. The van der Waals surface area contributed by atoms with E-state index in [0.717, 1.165) is 27.8 Å². The fraction of sp³-hybridized carbons (Fsp3) is 0.412. The molecule has 0 aromatic heterocycles. The van der Waals surface area contributed by atoms with Gasteiger partial charge in [0.2, 0.25) is 0 Å². The van der Waals surface area contributed by atoms with Gasteiger partial charge in [0.05, 0.1) is 51.8 Å². The van der Waals surface area contributed by atoms with Crippen LogP contribution in [0.5, 0.6) is 0 Å². The molecule has 0 spiro atoms. The summed E-state index contributed by atoms with van der Waals surface area (Å²) in [7, 11) is 0. The molecule has 12 nitrogen and oxygen atoms in total. The van der Waals surface area contributed by atoms with Crippen molar-refractivity contribution in [2.45, 2.75) is 121 Å². The standard InChI is InChI=1S/C51H57N3O9/c1-35-41(34-55-29-36-19-9-4-10-20-36)60-50(42(53-54-52)43(35)56-30-37-21-11-5-12-22-37)61-47-45(58-32-39-25-15-7-16-26-39)44(57-31-38-23-13-6-14-24-38)46(48-49(47)63-51(2,3)62-48)59-33-40-27-17-8-18-28-40/h4-28,35,41-50H,29-34H2,1-3H3. The summed E-state index contributed by atoms with van der Waals surface area (Å²) < 4.78 is 61.5. The molecule has 0 radical (unpaired) electrons. The maximum atomic E-state index is 10.1. The Morgan fingerprint density at radius 2 is 0.905 bits per heavy atom. The van der Waals surface area contributed by atoms with Gasteiger partial charge < -0.3 is 42.6 Å². The van der Waals surface area contributed by atoms with Gasteiger partial charge in [-0.15, -0.1) is 0 Å². The molecule has 12 heteroatoms. The zero-order valence-electron chi connectivity index (χ0n) is 36.0. The first-order valence-electron chi connectivity index (χ1n) is 21.8. The largest absolute Gasteiger partial charge is 0.374 e. The summed E-state index contributed by atoms with van der Waals surface area (Å²) in [5, 5.41) is 4.34. The minimum Gasteiger partial charge on any atom is -0.374 e. The predicted octanol–water partition coefficient (Wildman–Crippen LogP) is 9.50. The minimum absolute atomic E-state index is 0.236. The van der Waals surface area contributed by atoms with Gasteiger partial charge >= 0.3 is 0 Å². The number of hydrogen-bond donors (Lipinski definition) is 0. The first-order chi connectivity index (χ1) is 30.8. The van der Waals surface area contributed by atoms with Crippen molar-refractivity contribution in [2.75, 3.05) is 6.61 Å². The Bertz CT molecular complexity index is 2170. The molecule has 0 bridgehead atoms. The highest BCUT2D eigenvalue weighted by Crippen LogP contribution is 2.44. The van der Waals surface area contributed by atoms with Gasteiger partial charge in [0.1, 0.15) is 42.7 Å². The molecule has 63 heavy (non-hydrogen) atoms. The quantitative estimate of drug-likeness (QED) is 0.0453. The molecule has 5 aromatic carbocycles. The van der Waals surface area contributed by atoms with Crippen LogP contribution in [0.1, 0.15) is 48.6 Å². The molecule has 11 atom stereocenters. The predicted molar refractivity (Wildman–Crippen MR) is 236 cm³/mol. The second-order valence-electron chi connectivity index (χ2n) is 16.8. The van der Waals surface area contributed by atoms with Crippen molar-refractivity contribution in [1.82, 2.24) is 0 Å². The lowest BCUT2D eigenvalue weighted by atomic mass is 9.83. The van der Waals surface area contributed by atoms with Gasteiger partial charge in [0.15, 0.2) is 12.1 Å². The number of ether oxygens (including phenoxy) is 9. The van der Waals surface area contributed by atoms with E-state index in [0.29, 0.717) is 13.2 Å². The highest BCUT2D eigenvalue weighted by atomic mass is 16.8. The minimum atomic E-state index is -1.11. The third-order valence-electron chi connectivity index (χ3n) is 11.8. The average Bonchev–Trinajstić information content (AvgIpc) is 3.65. The highest BCUT2D eigenvalue weighted by molar-refractivity contribution is 5.18. The van der Waals surface area contributed by atoms with Gasteiger partial charge in [0.25, 0.3) is 0 Å². The third-order valence-corrected chi connectivity index (χ3v) is 11.8. The van der Waals surface area contributed by atoms with Gasteiger partial charge in [-0.25, -0.2) is 0 Å². The Morgan fingerprint density at radius 3 is 1.35 bits per heavy atom. The number of benzene rings is 5. The zero-order valence-corrected chi connectivity index (χ0v) is 36.0. The number of rotatable bonds is 19. The molecule has 330 valence electrons. The van der Waals surface area contributed by atoms with Crippen LogP contribution in [0.3, 0.4) is 0 Å². The summed E-state index contributed by atoms with van der Waals surface area (Å²) in [5.74, 6) is -1.28. The summed E-state index contributed by atoms with van der Waals surface area (Å²) in [6, 6.07) is 48.9. The highest BCUT2D eigenvalue weighted by Gasteiger charge is 2.62. The van der Waals surface area contributed by atoms with Crippen LogP contribution >= 0.6 is 0 Å². The molecule has 5 aromatic rings. The van der Waals surface area contributed by atoms with Crippen molar-refractivity contribution in [3.63, 3.8) is 0 Å². The van der Waals surface area contributed by atoms with E-state index in [1.165, 1.54) is 0 Å². The van der Waals surface area contributed by atoms with Crippen LogP contribution in [0, 0.1) is 5.92 Å². The van der Waals surface area contributed by atoms with Crippen LogP contribution in [0.15, 0.2) is 157 Å². The summed E-state index contributed by atoms with van der Waals surface area (Å²) in [5.41, 5.74) is 15.1. The van der Waals surface area contributed by atoms with Crippen LogP contribution in [0.4, 0.5) is 0 Å². The fourth-order valence-electron chi connectivity index (χ4n) is 8.67. The van der Waals surface area contributed by atoms with E-state index in [1.54, 1.807) is 0 Å². The number of nitrogens with zero attached hydrogens (tertiary/aromatic N) is 3. The van der Waals surface area contributed by atoms with Gasteiger partial charge in [-0.05, 0) is 47.2 Å². The van der Waals surface area contributed by atoms with Crippen LogP contribution in [0.25, 0.3) is 10.4 Å². The molecule has 0 amide bonds. The zero-order chi connectivity index (χ0) is 43.4. The Morgan fingerprint density at radius 1 is 0.524 bits per heavy atom. The Hall–Kier alpha value is -4.95. The van der Waals surface area contributed by atoms with E-state index in [4.69, 9.17) is 42.6 Å². The van der Waals surface area contributed by atoms with Gasteiger partial charge in [0, 0.05) is 10.8 Å². The van der Waals surface area contributed by atoms with E-state index >= 15 is 0 Å². The monoisotopic (exact) mass is 855 g/mol. The Balaban J connectivity index is 1.15. The fourth-order valence-corrected chi connectivity index (χ4v) is 8.67. The lowest BCUT2D eigenvalue weighted by Gasteiger charge is -2.50. The van der Waals surface area contributed by atoms with Crippen molar-refractivity contribution < 1.29 is 42.6 Å². The van der Waals surface area contributed by atoms with E-state index in [-0.39, 0.29) is 32.3 Å². The van der Waals surface area contributed by atoms with Crippen molar-refractivity contribution in [3.05, 3.63) is 190 Å². The number of fused-ring (bicyclic) bond motifs is 1. The summed E-state index contributed by atoms with van der Waals surface area (Å²) in [4.78, 5) is 3.32.